The van der Waals surface area contributed by atoms with Crippen molar-refractivity contribution in [2.24, 2.45) is 34.5 Å². The standard InChI is InChI=1S/C26H36O7/c1-14-10-18-19-7-9-26(33-16(3)28,22(31)13-32-15(2)27)25(19,5)12-21(30)23(18)24(4)8-6-17(29)11-20(14)24/h11,14,18-19,21,23,30H,6-10,12-13H2,1-5H3/t14-,18+,19+,21+,23-,24+,25+,26+/m1/s1. The number of hydrogen-bond acceptors (Lipinski definition) is 7. The first-order valence-electron chi connectivity index (χ1n) is 12.1. The maximum Gasteiger partial charge on any atom is 0.303 e. The Bertz CT molecular complexity index is 922. The van der Waals surface area contributed by atoms with Gasteiger partial charge >= 0.3 is 11.9 Å². The van der Waals surface area contributed by atoms with Gasteiger partial charge < -0.3 is 14.6 Å². The Balaban J connectivity index is 1.75. The smallest absolute Gasteiger partial charge is 0.303 e. The molecule has 4 rings (SSSR count). The van der Waals surface area contributed by atoms with Crippen LogP contribution in [0, 0.1) is 34.5 Å². The van der Waals surface area contributed by atoms with E-state index in [2.05, 4.69) is 13.8 Å². The minimum absolute atomic E-state index is 0.0113. The van der Waals surface area contributed by atoms with Crippen molar-refractivity contribution in [3.8, 4) is 0 Å². The average Bonchev–Trinajstić information content (AvgIpc) is 2.99. The number of hydrogen-bond donors (Lipinski definition) is 1. The molecule has 33 heavy (non-hydrogen) atoms. The van der Waals surface area contributed by atoms with Crippen LogP contribution in [-0.4, -0.2) is 46.9 Å². The number of esters is 2. The molecule has 0 aromatic carbocycles. The molecule has 0 bridgehead atoms. The van der Waals surface area contributed by atoms with Crippen LogP contribution in [0.25, 0.3) is 0 Å². The zero-order chi connectivity index (χ0) is 24.3. The molecule has 0 saturated heterocycles. The molecular weight excluding hydrogens is 424 g/mol. The monoisotopic (exact) mass is 460 g/mol. The Morgan fingerprint density at radius 1 is 1.15 bits per heavy atom. The lowest BCUT2D eigenvalue weighted by Crippen LogP contribution is -2.63. The second kappa shape index (κ2) is 8.03. The summed E-state index contributed by atoms with van der Waals surface area (Å²) in [5.41, 5.74) is -1.30. The largest absolute Gasteiger partial charge is 0.458 e. The molecule has 0 aromatic rings. The van der Waals surface area contributed by atoms with Crippen LogP contribution < -0.4 is 0 Å². The van der Waals surface area contributed by atoms with Crippen molar-refractivity contribution < 1.29 is 33.8 Å². The van der Waals surface area contributed by atoms with Crippen molar-refractivity contribution in [2.75, 3.05) is 6.61 Å². The van der Waals surface area contributed by atoms with Crippen molar-refractivity contribution in [1.82, 2.24) is 0 Å². The highest BCUT2D eigenvalue weighted by Gasteiger charge is 2.70. The highest BCUT2D eigenvalue weighted by atomic mass is 16.6. The summed E-state index contributed by atoms with van der Waals surface area (Å²) in [6.45, 7) is 8.38. The molecule has 8 atom stereocenters. The van der Waals surface area contributed by atoms with Gasteiger partial charge in [-0.1, -0.05) is 26.3 Å². The summed E-state index contributed by atoms with van der Waals surface area (Å²) < 4.78 is 10.8. The first-order valence-corrected chi connectivity index (χ1v) is 12.1. The molecule has 3 saturated carbocycles. The van der Waals surface area contributed by atoms with Gasteiger partial charge in [0.05, 0.1) is 6.10 Å². The van der Waals surface area contributed by atoms with Gasteiger partial charge in [-0.25, -0.2) is 0 Å². The molecule has 3 fully saturated rings. The summed E-state index contributed by atoms with van der Waals surface area (Å²) in [6, 6.07) is 0. The topological polar surface area (TPSA) is 107 Å². The predicted octanol–water partition coefficient (Wildman–Crippen LogP) is 3.17. The number of fused-ring (bicyclic) bond motifs is 5. The molecule has 182 valence electrons. The zero-order valence-corrected chi connectivity index (χ0v) is 20.3. The van der Waals surface area contributed by atoms with Crippen molar-refractivity contribution in [2.45, 2.75) is 84.8 Å². The summed E-state index contributed by atoms with van der Waals surface area (Å²) >= 11 is 0. The van der Waals surface area contributed by atoms with E-state index in [1.54, 1.807) is 0 Å². The minimum Gasteiger partial charge on any atom is -0.458 e. The summed E-state index contributed by atoms with van der Waals surface area (Å²) in [5.74, 6) is -0.961. The molecule has 7 heteroatoms. The highest BCUT2D eigenvalue weighted by molar-refractivity contribution is 5.93. The third kappa shape index (κ3) is 3.49. The number of rotatable bonds is 4. The van der Waals surface area contributed by atoms with Crippen molar-refractivity contribution >= 4 is 23.5 Å². The van der Waals surface area contributed by atoms with Crippen LogP contribution in [0.4, 0.5) is 0 Å². The van der Waals surface area contributed by atoms with Crippen molar-refractivity contribution in [1.29, 1.82) is 0 Å². The summed E-state index contributed by atoms with van der Waals surface area (Å²) in [6.07, 6.45) is 4.53. The van der Waals surface area contributed by atoms with Crippen LogP contribution in [-0.2, 0) is 28.7 Å². The van der Waals surface area contributed by atoms with E-state index in [4.69, 9.17) is 9.47 Å². The first-order chi connectivity index (χ1) is 15.4. The number of carbonyl (C=O) groups excluding carboxylic acids is 4. The molecule has 4 aliphatic rings. The maximum absolute atomic E-state index is 13.4. The van der Waals surface area contributed by atoms with Gasteiger partial charge in [0.15, 0.2) is 18.0 Å². The molecule has 0 aliphatic heterocycles. The fourth-order valence-electron chi connectivity index (χ4n) is 8.32. The molecule has 4 aliphatic carbocycles. The average molecular weight is 461 g/mol. The van der Waals surface area contributed by atoms with Gasteiger partial charge in [0, 0.05) is 25.7 Å². The number of aliphatic hydroxyl groups is 1. The molecule has 0 aromatic heterocycles. The normalized spacial score (nSPS) is 44.1. The Morgan fingerprint density at radius 3 is 2.48 bits per heavy atom. The molecule has 7 nitrogen and oxygen atoms in total. The lowest BCUT2D eigenvalue weighted by molar-refractivity contribution is -0.203. The van der Waals surface area contributed by atoms with Gasteiger partial charge in [0.25, 0.3) is 0 Å². The first kappa shape index (κ1) is 24.1. The van der Waals surface area contributed by atoms with E-state index >= 15 is 0 Å². The van der Waals surface area contributed by atoms with Crippen LogP contribution in [0.1, 0.15) is 73.1 Å². The number of carbonyl (C=O) groups is 4. The highest BCUT2D eigenvalue weighted by Crippen LogP contribution is 2.69. The fourth-order valence-corrected chi connectivity index (χ4v) is 8.32. The number of ether oxygens (including phenoxy) is 2. The second-order valence-electron chi connectivity index (χ2n) is 11.3. The minimum atomic E-state index is -1.42. The van der Waals surface area contributed by atoms with E-state index in [1.165, 1.54) is 13.8 Å². The number of ketones is 2. The van der Waals surface area contributed by atoms with Crippen molar-refractivity contribution in [3.63, 3.8) is 0 Å². The molecule has 0 radical (unpaired) electrons. The Morgan fingerprint density at radius 2 is 1.85 bits per heavy atom. The van der Waals surface area contributed by atoms with Gasteiger partial charge in [-0.2, -0.15) is 0 Å². The number of Topliss-reactive ketones (excluding diaryl/α,β-unsaturated/α-hetero) is 1. The molecular formula is C26H36O7. The van der Waals surface area contributed by atoms with Gasteiger partial charge in [-0.05, 0) is 67.3 Å². The van der Waals surface area contributed by atoms with E-state index in [9.17, 15) is 24.3 Å². The van der Waals surface area contributed by atoms with Crippen LogP contribution in [0.2, 0.25) is 0 Å². The molecule has 0 unspecified atom stereocenters. The van der Waals surface area contributed by atoms with E-state index in [0.29, 0.717) is 25.7 Å². The second-order valence-corrected chi connectivity index (χ2v) is 11.3. The Hall–Kier alpha value is -2.02. The fraction of sp³-hybridized carbons (Fsp3) is 0.769. The lowest BCUT2D eigenvalue weighted by Gasteiger charge is -2.62. The van der Waals surface area contributed by atoms with Crippen LogP contribution in [0.3, 0.4) is 0 Å². The summed E-state index contributed by atoms with van der Waals surface area (Å²) in [5, 5.41) is 11.6. The molecule has 1 N–H and O–H groups in total. The van der Waals surface area contributed by atoms with Crippen LogP contribution in [0.5, 0.6) is 0 Å². The van der Waals surface area contributed by atoms with Gasteiger partial charge in [0.1, 0.15) is 0 Å². The van der Waals surface area contributed by atoms with Gasteiger partial charge in [-0.15, -0.1) is 0 Å². The van der Waals surface area contributed by atoms with E-state index < -0.39 is 41.4 Å². The molecule has 0 amide bonds. The van der Waals surface area contributed by atoms with E-state index in [-0.39, 0.29) is 34.9 Å². The predicted molar refractivity (Wildman–Crippen MR) is 119 cm³/mol. The van der Waals surface area contributed by atoms with Crippen molar-refractivity contribution in [3.05, 3.63) is 11.6 Å². The summed E-state index contributed by atoms with van der Waals surface area (Å²) in [4.78, 5) is 49.2. The zero-order valence-electron chi connectivity index (χ0n) is 20.3. The number of allylic oxidation sites excluding steroid dienone is 1. The van der Waals surface area contributed by atoms with E-state index in [1.807, 2.05) is 13.0 Å². The Kier molecular flexibility index (Phi) is 5.87. The van der Waals surface area contributed by atoms with Gasteiger partial charge in [-0.3, -0.25) is 19.2 Å². The van der Waals surface area contributed by atoms with Gasteiger partial charge in [0.2, 0.25) is 5.78 Å². The van der Waals surface area contributed by atoms with Crippen LogP contribution >= 0.6 is 0 Å². The molecule has 0 spiro atoms. The maximum atomic E-state index is 13.4. The SMILES string of the molecule is CC(=O)OCC(=O)[C@@]1(OC(C)=O)CC[C@H]2[C@@H]3C[C@@H](C)C4=CC(=O)CC[C@]4(C)[C@H]3[C@@H](O)C[C@@]21C. The number of aliphatic hydroxyl groups excluding tert-OH is 1. The third-order valence-corrected chi connectivity index (χ3v) is 9.51. The third-order valence-electron chi connectivity index (χ3n) is 9.51. The Labute approximate surface area is 195 Å². The lowest BCUT2D eigenvalue weighted by atomic mass is 9.44. The van der Waals surface area contributed by atoms with E-state index in [0.717, 1.165) is 18.4 Å². The summed E-state index contributed by atoms with van der Waals surface area (Å²) in [7, 11) is 0. The molecule has 0 heterocycles. The quantitative estimate of drug-likeness (QED) is 0.642. The van der Waals surface area contributed by atoms with Crippen LogP contribution in [0.15, 0.2) is 11.6 Å².